The molecule has 94 valence electrons. The molecule has 5 nitrogen and oxygen atoms in total. The maximum absolute atomic E-state index is 13.2. The number of halogens is 2. The fourth-order valence-corrected chi connectivity index (χ4v) is 1.30. The van der Waals surface area contributed by atoms with Crippen LogP contribution in [0.1, 0.15) is 13.3 Å². The molecule has 2 N–H and O–H groups in total. The predicted octanol–water partition coefficient (Wildman–Crippen LogP) is 2.06. The minimum Gasteiger partial charge on any atom is -0.393 e. The number of rotatable bonds is 5. The highest BCUT2D eigenvalue weighted by Gasteiger charge is 2.21. The molecule has 17 heavy (non-hydrogen) atoms. The van der Waals surface area contributed by atoms with E-state index in [0.717, 1.165) is 6.07 Å². The van der Waals surface area contributed by atoms with Gasteiger partial charge in [0.2, 0.25) is 5.82 Å². The van der Waals surface area contributed by atoms with Crippen LogP contribution in [0, 0.1) is 21.7 Å². The summed E-state index contributed by atoms with van der Waals surface area (Å²) in [6.45, 7) is 1.73. The SMILES string of the molecule is CC(O)CCNc1cc(F)cc(F)c1[N+](=O)[O-]. The molecule has 1 aromatic carbocycles. The molecule has 0 saturated heterocycles. The van der Waals surface area contributed by atoms with Gasteiger partial charge in [0.15, 0.2) is 0 Å². The monoisotopic (exact) mass is 246 g/mol. The summed E-state index contributed by atoms with van der Waals surface area (Å²) in [7, 11) is 0. The highest BCUT2D eigenvalue weighted by atomic mass is 19.1. The van der Waals surface area contributed by atoms with E-state index in [4.69, 9.17) is 5.11 Å². The van der Waals surface area contributed by atoms with Gasteiger partial charge < -0.3 is 10.4 Å². The molecule has 1 rings (SSSR count). The third-order valence-corrected chi connectivity index (χ3v) is 2.09. The lowest BCUT2D eigenvalue weighted by Gasteiger charge is -2.08. The Balaban J connectivity index is 2.92. The highest BCUT2D eigenvalue weighted by molar-refractivity contribution is 5.62. The number of nitrogens with zero attached hydrogens (tertiary/aromatic N) is 1. The lowest BCUT2D eigenvalue weighted by molar-refractivity contribution is -0.386. The normalized spacial score (nSPS) is 12.2. The van der Waals surface area contributed by atoms with E-state index in [-0.39, 0.29) is 12.2 Å². The topological polar surface area (TPSA) is 75.4 Å². The van der Waals surface area contributed by atoms with Gasteiger partial charge in [0.05, 0.1) is 11.0 Å². The molecule has 0 heterocycles. The number of hydrogen-bond acceptors (Lipinski definition) is 4. The van der Waals surface area contributed by atoms with E-state index in [9.17, 15) is 18.9 Å². The van der Waals surface area contributed by atoms with Crippen LogP contribution in [-0.4, -0.2) is 22.7 Å². The zero-order chi connectivity index (χ0) is 13.0. The van der Waals surface area contributed by atoms with Crippen LogP contribution in [0.5, 0.6) is 0 Å². The summed E-state index contributed by atoms with van der Waals surface area (Å²) < 4.78 is 26.1. The van der Waals surface area contributed by atoms with Gasteiger partial charge in [-0.15, -0.1) is 0 Å². The standard InChI is InChI=1S/C10H12F2N2O3/c1-6(15)2-3-13-9-5-7(11)4-8(12)10(9)14(16)17/h4-6,13,15H,2-3H2,1H3. The number of hydrogen-bond donors (Lipinski definition) is 2. The van der Waals surface area contributed by atoms with E-state index in [2.05, 4.69) is 5.32 Å². The average molecular weight is 246 g/mol. The van der Waals surface area contributed by atoms with Crippen molar-refractivity contribution in [3.8, 4) is 0 Å². The summed E-state index contributed by atoms with van der Waals surface area (Å²) in [6.07, 6.45) is -0.282. The van der Waals surface area contributed by atoms with Crippen molar-refractivity contribution in [1.29, 1.82) is 0 Å². The van der Waals surface area contributed by atoms with Crippen LogP contribution in [0.4, 0.5) is 20.2 Å². The van der Waals surface area contributed by atoms with Crippen molar-refractivity contribution in [3.63, 3.8) is 0 Å². The molecule has 0 aliphatic heterocycles. The number of aliphatic hydroxyl groups is 1. The Bertz CT molecular complexity index is 424. The van der Waals surface area contributed by atoms with Crippen LogP contribution in [-0.2, 0) is 0 Å². The molecule has 0 aromatic heterocycles. The van der Waals surface area contributed by atoms with E-state index >= 15 is 0 Å². The molecule has 1 aromatic rings. The Hall–Kier alpha value is -1.76. The van der Waals surface area contributed by atoms with Crippen LogP contribution in [0.15, 0.2) is 12.1 Å². The van der Waals surface area contributed by atoms with E-state index in [0.29, 0.717) is 12.5 Å². The Morgan fingerprint density at radius 3 is 2.71 bits per heavy atom. The largest absolute Gasteiger partial charge is 0.393 e. The number of nitrogens with one attached hydrogen (secondary N) is 1. The summed E-state index contributed by atoms with van der Waals surface area (Å²) in [5.41, 5.74) is -1.02. The summed E-state index contributed by atoms with van der Waals surface area (Å²) in [5.74, 6) is -2.12. The predicted molar refractivity (Wildman–Crippen MR) is 57.8 cm³/mol. The molecule has 0 spiro atoms. The van der Waals surface area contributed by atoms with Crippen molar-refractivity contribution >= 4 is 11.4 Å². The van der Waals surface area contributed by atoms with Crippen LogP contribution in [0.2, 0.25) is 0 Å². The van der Waals surface area contributed by atoms with E-state index in [1.165, 1.54) is 0 Å². The first-order valence-electron chi connectivity index (χ1n) is 4.97. The van der Waals surface area contributed by atoms with Crippen molar-refractivity contribution in [2.45, 2.75) is 19.4 Å². The van der Waals surface area contributed by atoms with Gasteiger partial charge in [-0.3, -0.25) is 10.1 Å². The number of anilines is 1. The quantitative estimate of drug-likeness (QED) is 0.616. The molecule has 1 atom stereocenters. The van der Waals surface area contributed by atoms with Gasteiger partial charge in [0.25, 0.3) is 0 Å². The van der Waals surface area contributed by atoms with Crippen LogP contribution in [0.25, 0.3) is 0 Å². The summed E-state index contributed by atoms with van der Waals surface area (Å²) in [6, 6.07) is 1.31. The molecule has 0 aliphatic rings. The zero-order valence-corrected chi connectivity index (χ0v) is 9.11. The number of nitro groups is 1. The van der Waals surface area contributed by atoms with Gasteiger partial charge in [-0.1, -0.05) is 0 Å². The molecule has 0 fully saturated rings. The second-order valence-electron chi connectivity index (χ2n) is 3.61. The molecule has 0 bridgehead atoms. The fraction of sp³-hybridized carbons (Fsp3) is 0.400. The van der Waals surface area contributed by atoms with Crippen molar-refractivity contribution in [2.24, 2.45) is 0 Å². The number of benzene rings is 1. The lowest BCUT2D eigenvalue weighted by atomic mass is 10.2. The van der Waals surface area contributed by atoms with Gasteiger partial charge in [0, 0.05) is 18.7 Å². The molecule has 7 heteroatoms. The van der Waals surface area contributed by atoms with E-state index < -0.39 is 28.3 Å². The number of nitro benzene ring substituents is 1. The molecule has 0 amide bonds. The smallest absolute Gasteiger partial charge is 0.327 e. The summed E-state index contributed by atoms with van der Waals surface area (Å²) in [5, 5.41) is 22.1. The van der Waals surface area contributed by atoms with Crippen molar-refractivity contribution in [2.75, 3.05) is 11.9 Å². The highest BCUT2D eigenvalue weighted by Crippen LogP contribution is 2.28. The fourth-order valence-electron chi connectivity index (χ4n) is 1.30. The molecule has 1 unspecified atom stereocenters. The Kier molecular flexibility index (Phi) is 4.33. The first-order valence-corrected chi connectivity index (χ1v) is 4.97. The van der Waals surface area contributed by atoms with Gasteiger partial charge in [-0.25, -0.2) is 4.39 Å². The maximum Gasteiger partial charge on any atom is 0.327 e. The summed E-state index contributed by atoms with van der Waals surface area (Å²) >= 11 is 0. The zero-order valence-electron chi connectivity index (χ0n) is 9.11. The van der Waals surface area contributed by atoms with Crippen molar-refractivity contribution in [3.05, 3.63) is 33.9 Å². The molecule has 0 aliphatic carbocycles. The number of aliphatic hydroxyl groups excluding tert-OH is 1. The first-order chi connectivity index (χ1) is 7.91. The minimum atomic E-state index is -1.23. The third-order valence-electron chi connectivity index (χ3n) is 2.09. The van der Waals surface area contributed by atoms with Crippen molar-refractivity contribution in [1.82, 2.24) is 0 Å². The first kappa shape index (κ1) is 13.3. The summed E-state index contributed by atoms with van der Waals surface area (Å²) in [4.78, 5) is 9.69. The molecular weight excluding hydrogens is 234 g/mol. The average Bonchev–Trinajstić information content (AvgIpc) is 2.14. The van der Waals surface area contributed by atoms with Gasteiger partial charge in [-0.05, 0) is 13.3 Å². The van der Waals surface area contributed by atoms with E-state index in [1.807, 2.05) is 0 Å². The minimum absolute atomic E-state index is 0.182. The van der Waals surface area contributed by atoms with Crippen LogP contribution in [0.3, 0.4) is 0 Å². The van der Waals surface area contributed by atoms with Crippen LogP contribution >= 0.6 is 0 Å². The van der Waals surface area contributed by atoms with Gasteiger partial charge in [-0.2, -0.15) is 4.39 Å². The second-order valence-corrected chi connectivity index (χ2v) is 3.61. The Labute approximate surface area is 96.2 Å². The van der Waals surface area contributed by atoms with Gasteiger partial charge in [0.1, 0.15) is 11.5 Å². The maximum atomic E-state index is 13.2. The third kappa shape index (κ3) is 3.63. The molecule has 0 saturated carbocycles. The molecular formula is C10H12F2N2O3. The Morgan fingerprint density at radius 2 is 2.18 bits per heavy atom. The van der Waals surface area contributed by atoms with Gasteiger partial charge >= 0.3 is 5.69 Å². The lowest BCUT2D eigenvalue weighted by Crippen LogP contribution is -2.11. The van der Waals surface area contributed by atoms with E-state index in [1.54, 1.807) is 6.92 Å². The Morgan fingerprint density at radius 1 is 1.53 bits per heavy atom. The van der Waals surface area contributed by atoms with Crippen LogP contribution < -0.4 is 5.32 Å². The second kappa shape index (κ2) is 5.53. The van der Waals surface area contributed by atoms with Crippen molar-refractivity contribution < 1.29 is 18.8 Å². The molecule has 0 radical (unpaired) electrons.